The Morgan fingerprint density at radius 3 is 2.42 bits per heavy atom. The van der Waals surface area contributed by atoms with Crippen molar-refractivity contribution in [3.8, 4) is 11.5 Å². The number of carbonyl (C=O) groups excluding carboxylic acids is 1. The van der Waals surface area contributed by atoms with Gasteiger partial charge in [-0.1, -0.05) is 4.89 Å². The van der Waals surface area contributed by atoms with Gasteiger partial charge in [0.15, 0.2) is 11.5 Å². The monoisotopic (exact) mass is 290 g/mol. The van der Waals surface area contributed by atoms with Gasteiger partial charge in [0.2, 0.25) is 5.91 Å². The van der Waals surface area contributed by atoms with Crippen LogP contribution in [-0.2, 0) is 19.7 Å². The van der Waals surface area contributed by atoms with E-state index in [2.05, 4.69) is 4.84 Å². The first-order chi connectivity index (χ1) is 8.90. The van der Waals surface area contributed by atoms with E-state index < -0.39 is 22.5 Å². The van der Waals surface area contributed by atoms with Crippen molar-refractivity contribution in [2.24, 2.45) is 5.73 Å². The van der Waals surface area contributed by atoms with Crippen LogP contribution in [-0.4, -0.2) is 35.2 Å². The molecular weight excluding hydrogens is 276 g/mol. The Morgan fingerprint density at radius 1 is 1.26 bits per heavy atom. The van der Waals surface area contributed by atoms with Crippen LogP contribution in [0.2, 0.25) is 0 Å². The molecule has 0 fully saturated rings. The van der Waals surface area contributed by atoms with Gasteiger partial charge >= 0.3 is 0 Å². The molecular formula is C10H14N2O6S. The van der Waals surface area contributed by atoms with Crippen LogP contribution in [0.15, 0.2) is 23.1 Å². The summed E-state index contributed by atoms with van der Waals surface area (Å²) in [4.78, 5) is 16.6. The summed E-state index contributed by atoms with van der Waals surface area (Å²) in [6.07, 6.45) is 0. The van der Waals surface area contributed by atoms with E-state index in [1.807, 2.05) is 0 Å². The van der Waals surface area contributed by atoms with E-state index in [1.165, 1.54) is 32.4 Å². The molecule has 0 atom stereocenters. The van der Waals surface area contributed by atoms with Crippen molar-refractivity contribution >= 4 is 15.9 Å². The molecule has 0 unspecified atom stereocenters. The molecule has 3 N–H and O–H groups in total. The third-order valence-corrected chi connectivity index (χ3v) is 3.26. The number of hydrogen-bond acceptors (Lipinski definition) is 6. The van der Waals surface area contributed by atoms with Crippen molar-refractivity contribution in [2.45, 2.75) is 4.90 Å². The van der Waals surface area contributed by atoms with E-state index in [9.17, 15) is 13.2 Å². The number of nitrogens with one attached hydrogen (secondary N) is 1. The number of benzene rings is 1. The Kier molecular flexibility index (Phi) is 5.10. The highest BCUT2D eigenvalue weighted by atomic mass is 32.2. The lowest BCUT2D eigenvalue weighted by atomic mass is 10.3. The van der Waals surface area contributed by atoms with Gasteiger partial charge in [-0.2, -0.15) is 0 Å². The van der Waals surface area contributed by atoms with Gasteiger partial charge in [0.25, 0.3) is 10.0 Å². The van der Waals surface area contributed by atoms with Gasteiger partial charge in [-0.15, -0.1) is 0 Å². The van der Waals surface area contributed by atoms with Crippen molar-refractivity contribution in [2.75, 3.05) is 20.8 Å². The molecule has 0 saturated heterocycles. The van der Waals surface area contributed by atoms with Crippen molar-refractivity contribution < 1.29 is 27.5 Å². The molecule has 0 radical (unpaired) electrons. The van der Waals surface area contributed by atoms with Crippen LogP contribution in [0, 0.1) is 0 Å². The molecule has 1 amide bonds. The highest BCUT2D eigenvalue weighted by Gasteiger charge is 2.17. The summed E-state index contributed by atoms with van der Waals surface area (Å²) in [6, 6.07) is 3.99. The number of sulfonamides is 1. The maximum absolute atomic E-state index is 11.8. The SMILES string of the molecule is COc1ccc(S(=O)(=O)NOCC(N)=O)cc1OC. The second-order valence-electron chi connectivity index (χ2n) is 3.36. The summed E-state index contributed by atoms with van der Waals surface area (Å²) < 4.78 is 33.6. The molecule has 0 aliphatic rings. The van der Waals surface area contributed by atoms with Crippen LogP contribution in [0.25, 0.3) is 0 Å². The van der Waals surface area contributed by atoms with Crippen LogP contribution in [0.3, 0.4) is 0 Å². The fourth-order valence-corrected chi connectivity index (χ4v) is 2.03. The molecule has 1 aromatic rings. The number of ether oxygens (including phenoxy) is 2. The first kappa shape index (κ1) is 15.2. The van der Waals surface area contributed by atoms with E-state index in [4.69, 9.17) is 15.2 Å². The average molecular weight is 290 g/mol. The molecule has 19 heavy (non-hydrogen) atoms. The number of primary amides is 1. The lowest BCUT2D eigenvalue weighted by Gasteiger charge is -2.10. The van der Waals surface area contributed by atoms with E-state index in [0.717, 1.165) is 0 Å². The van der Waals surface area contributed by atoms with Crippen LogP contribution in [0.4, 0.5) is 0 Å². The van der Waals surface area contributed by atoms with Gasteiger partial charge in [0.05, 0.1) is 19.1 Å². The third-order valence-electron chi connectivity index (χ3n) is 2.05. The van der Waals surface area contributed by atoms with Gasteiger partial charge in [-0.05, 0) is 12.1 Å². The number of nitrogens with two attached hydrogens (primary N) is 1. The normalized spacial score (nSPS) is 11.1. The quantitative estimate of drug-likeness (QED) is 0.647. The van der Waals surface area contributed by atoms with Crippen LogP contribution < -0.4 is 20.1 Å². The highest BCUT2D eigenvalue weighted by Crippen LogP contribution is 2.29. The summed E-state index contributed by atoms with van der Waals surface area (Å²) >= 11 is 0. The summed E-state index contributed by atoms with van der Waals surface area (Å²) in [5, 5.41) is 0. The number of hydrogen-bond donors (Lipinski definition) is 2. The predicted molar refractivity (Wildman–Crippen MR) is 65.0 cm³/mol. The van der Waals surface area contributed by atoms with Crippen molar-refractivity contribution in [1.82, 2.24) is 4.89 Å². The number of carbonyl (C=O) groups is 1. The van der Waals surface area contributed by atoms with Crippen molar-refractivity contribution in [3.63, 3.8) is 0 Å². The lowest BCUT2D eigenvalue weighted by Crippen LogP contribution is -2.29. The molecule has 0 aliphatic carbocycles. The zero-order chi connectivity index (χ0) is 14.5. The lowest BCUT2D eigenvalue weighted by molar-refractivity contribution is -0.123. The standard InChI is InChI=1S/C10H14N2O6S/c1-16-8-4-3-7(5-9(8)17-2)19(14,15)12-18-6-10(11)13/h3-5,12H,6H2,1-2H3,(H2,11,13). The fraction of sp³-hybridized carbons (Fsp3) is 0.300. The molecule has 0 aromatic heterocycles. The Hall–Kier alpha value is -1.84. The first-order valence-corrected chi connectivity index (χ1v) is 6.53. The highest BCUT2D eigenvalue weighted by molar-refractivity contribution is 7.89. The van der Waals surface area contributed by atoms with E-state index in [1.54, 1.807) is 4.89 Å². The van der Waals surface area contributed by atoms with Gasteiger partial charge in [0.1, 0.15) is 6.61 Å². The Bertz CT molecular complexity index is 557. The fourth-order valence-electron chi connectivity index (χ4n) is 1.21. The summed E-state index contributed by atoms with van der Waals surface area (Å²) in [5.41, 5.74) is 4.81. The summed E-state index contributed by atoms with van der Waals surface area (Å²) in [7, 11) is -1.12. The topological polar surface area (TPSA) is 117 Å². The maximum atomic E-state index is 11.8. The molecule has 1 rings (SSSR count). The van der Waals surface area contributed by atoms with Gasteiger partial charge < -0.3 is 15.2 Å². The Balaban J connectivity index is 2.92. The molecule has 0 aliphatic heterocycles. The number of amides is 1. The molecule has 1 aromatic carbocycles. The minimum Gasteiger partial charge on any atom is -0.493 e. The minimum absolute atomic E-state index is 0.102. The largest absolute Gasteiger partial charge is 0.493 e. The van der Waals surface area contributed by atoms with E-state index >= 15 is 0 Å². The predicted octanol–water partition coefficient (Wildman–Crippen LogP) is -0.601. The average Bonchev–Trinajstić information content (AvgIpc) is 2.37. The molecule has 0 saturated carbocycles. The van der Waals surface area contributed by atoms with Gasteiger partial charge in [-0.3, -0.25) is 9.63 Å². The molecule has 9 heteroatoms. The second-order valence-corrected chi connectivity index (χ2v) is 5.00. The maximum Gasteiger partial charge on any atom is 0.262 e. The Labute approximate surface area is 110 Å². The van der Waals surface area contributed by atoms with Gasteiger partial charge in [-0.25, -0.2) is 8.42 Å². The smallest absolute Gasteiger partial charge is 0.262 e. The van der Waals surface area contributed by atoms with E-state index in [-0.39, 0.29) is 10.6 Å². The third kappa shape index (κ3) is 4.09. The molecule has 106 valence electrons. The van der Waals surface area contributed by atoms with Gasteiger partial charge in [0, 0.05) is 6.07 Å². The number of methoxy groups -OCH3 is 2. The zero-order valence-corrected chi connectivity index (χ0v) is 11.2. The second kappa shape index (κ2) is 6.36. The van der Waals surface area contributed by atoms with Crippen LogP contribution in [0.5, 0.6) is 11.5 Å². The van der Waals surface area contributed by atoms with E-state index in [0.29, 0.717) is 5.75 Å². The zero-order valence-electron chi connectivity index (χ0n) is 10.4. The summed E-state index contributed by atoms with van der Waals surface area (Å²) in [5.74, 6) is -0.158. The van der Waals surface area contributed by atoms with Crippen molar-refractivity contribution in [1.29, 1.82) is 0 Å². The van der Waals surface area contributed by atoms with Crippen LogP contribution in [0.1, 0.15) is 0 Å². The van der Waals surface area contributed by atoms with Crippen LogP contribution >= 0.6 is 0 Å². The molecule has 0 spiro atoms. The Morgan fingerprint density at radius 2 is 1.89 bits per heavy atom. The first-order valence-electron chi connectivity index (χ1n) is 5.04. The molecule has 0 heterocycles. The molecule has 8 nitrogen and oxygen atoms in total. The minimum atomic E-state index is -3.93. The molecule has 0 bridgehead atoms. The summed E-state index contributed by atoms with van der Waals surface area (Å²) in [6.45, 7) is -0.563. The van der Waals surface area contributed by atoms with Crippen molar-refractivity contribution in [3.05, 3.63) is 18.2 Å². The number of rotatable bonds is 7.